The van der Waals surface area contributed by atoms with Gasteiger partial charge in [0.25, 0.3) is 5.91 Å². The van der Waals surface area contributed by atoms with Crippen LogP contribution in [0.5, 0.6) is 0 Å². The van der Waals surface area contributed by atoms with E-state index in [1.807, 2.05) is 61.5 Å². The van der Waals surface area contributed by atoms with Gasteiger partial charge in [-0.3, -0.25) is 14.7 Å². The van der Waals surface area contributed by atoms with Gasteiger partial charge in [0.2, 0.25) is 5.95 Å². The molecule has 1 aliphatic heterocycles. The van der Waals surface area contributed by atoms with Crippen molar-refractivity contribution in [2.75, 3.05) is 23.7 Å². The number of pyridine rings is 1. The largest absolute Gasteiger partial charge is 0.324 e. The summed E-state index contributed by atoms with van der Waals surface area (Å²) >= 11 is 3.69. The molecule has 0 aliphatic carbocycles. The van der Waals surface area contributed by atoms with Crippen molar-refractivity contribution in [3.05, 3.63) is 94.4 Å². The summed E-state index contributed by atoms with van der Waals surface area (Å²) in [5, 5.41) is 9.87. The van der Waals surface area contributed by atoms with E-state index >= 15 is 0 Å². The van der Waals surface area contributed by atoms with E-state index in [0.29, 0.717) is 29.3 Å². The number of carbonyl (C=O) groups excluding carboxylic acids is 1. The third-order valence-electron chi connectivity index (χ3n) is 6.70. The SMILES string of the molecule is Cc1ccc(NC(=O)c2ccc(CN3C[C@@H](C)N[C@@H](C)C3)c(Br)c2)cc1Nc1nccc(-c2cccnc2)n1. The number of nitrogens with zero attached hydrogens (tertiary/aromatic N) is 4. The van der Waals surface area contributed by atoms with Gasteiger partial charge in [-0.05, 0) is 74.4 Å². The van der Waals surface area contributed by atoms with Crippen molar-refractivity contribution in [3.8, 4) is 11.3 Å². The minimum atomic E-state index is -0.170. The molecule has 39 heavy (non-hydrogen) atoms. The fourth-order valence-corrected chi connectivity index (χ4v) is 5.38. The molecule has 9 heteroatoms. The number of nitrogens with one attached hydrogen (secondary N) is 3. The highest BCUT2D eigenvalue weighted by molar-refractivity contribution is 9.10. The van der Waals surface area contributed by atoms with Gasteiger partial charge in [-0.1, -0.05) is 28.1 Å². The Hall–Kier alpha value is -3.66. The van der Waals surface area contributed by atoms with Crippen LogP contribution in [0.3, 0.4) is 0 Å². The maximum atomic E-state index is 13.1. The average molecular weight is 587 g/mol. The van der Waals surface area contributed by atoms with Crippen molar-refractivity contribution in [2.24, 2.45) is 0 Å². The molecule has 2 aromatic heterocycles. The van der Waals surface area contributed by atoms with Crippen LogP contribution in [0.4, 0.5) is 17.3 Å². The van der Waals surface area contributed by atoms with Gasteiger partial charge in [-0.2, -0.15) is 0 Å². The Kier molecular flexibility index (Phi) is 8.30. The predicted molar refractivity (Wildman–Crippen MR) is 159 cm³/mol. The molecule has 0 bridgehead atoms. The molecule has 4 aromatic rings. The zero-order valence-corrected chi connectivity index (χ0v) is 23.9. The van der Waals surface area contributed by atoms with Crippen molar-refractivity contribution in [3.63, 3.8) is 0 Å². The van der Waals surface area contributed by atoms with Gasteiger partial charge in [0.1, 0.15) is 0 Å². The number of rotatable bonds is 7. The number of aryl methyl sites for hydroxylation is 1. The molecule has 200 valence electrons. The maximum Gasteiger partial charge on any atom is 0.255 e. The zero-order valence-electron chi connectivity index (χ0n) is 22.3. The highest BCUT2D eigenvalue weighted by atomic mass is 79.9. The fourth-order valence-electron chi connectivity index (χ4n) is 4.88. The van der Waals surface area contributed by atoms with Crippen molar-refractivity contribution < 1.29 is 4.79 Å². The summed E-state index contributed by atoms with van der Waals surface area (Å²) in [6, 6.07) is 18.2. The Labute approximate surface area is 237 Å². The van der Waals surface area contributed by atoms with Gasteiger partial charge in [-0.15, -0.1) is 0 Å². The second-order valence-electron chi connectivity index (χ2n) is 10.1. The molecule has 3 heterocycles. The van der Waals surface area contributed by atoms with Crippen LogP contribution in [0.2, 0.25) is 0 Å². The van der Waals surface area contributed by atoms with E-state index in [2.05, 4.69) is 65.6 Å². The highest BCUT2D eigenvalue weighted by Gasteiger charge is 2.21. The minimum absolute atomic E-state index is 0.170. The lowest BCUT2D eigenvalue weighted by Crippen LogP contribution is -2.53. The van der Waals surface area contributed by atoms with Gasteiger partial charge in [0.15, 0.2) is 0 Å². The highest BCUT2D eigenvalue weighted by Crippen LogP contribution is 2.26. The van der Waals surface area contributed by atoms with Gasteiger partial charge in [-0.25, -0.2) is 9.97 Å². The number of halogens is 1. The molecular weight excluding hydrogens is 554 g/mol. The van der Waals surface area contributed by atoms with Gasteiger partial charge in [0, 0.05) is 77.3 Å². The number of aromatic nitrogens is 3. The smallest absolute Gasteiger partial charge is 0.255 e. The Bertz CT molecular complexity index is 1450. The van der Waals surface area contributed by atoms with E-state index < -0.39 is 0 Å². The summed E-state index contributed by atoms with van der Waals surface area (Å²) in [5.74, 6) is 0.298. The number of piperazine rings is 1. The third-order valence-corrected chi connectivity index (χ3v) is 7.44. The second kappa shape index (κ2) is 12.0. The molecule has 0 spiro atoms. The number of hydrogen-bond donors (Lipinski definition) is 3. The van der Waals surface area contributed by atoms with Crippen LogP contribution in [0.25, 0.3) is 11.3 Å². The van der Waals surface area contributed by atoms with Crippen LogP contribution in [0.1, 0.15) is 35.3 Å². The summed E-state index contributed by atoms with van der Waals surface area (Å²) in [6.45, 7) is 9.27. The Morgan fingerprint density at radius 1 is 1.08 bits per heavy atom. The van der Waals surface area contributed by atoms with Crippen LogP contribution in [-0.4, -0.2) is 50.9 Å². The summed E-state index contributed by atoms with van der Waals surface area (Å²) in [5.41, 5.74) is 5.95. The third kappa shape index (κ3) is 6.86. The monoisotopic (exact) mass is 585 g/mol. The summed E-state index contributed by atoms with van der Waals surface area (Å²) in [7, 11) is 0. The molecule has 1 aliphatic rings. The van der Waals surface area contributed by atoms with Crippen LogP contribution < -0.4 is 16.0 Å². The quantitative estimate of drug-likeness (QED) is 0.253. The number of benzene rings is 2. The lowest BCUT2D eigenvalue weighted by Gasteiger charge is -2.36. The molecule has 0 radical (unpaired) electrons. The minimum Gasteiger partial charge on any atom is -0.324 e. The van der Waals surface area contributed by atoms with Gasteiger partial charge >= 0.3 is 0 Å². The number of anilines is 3. The summed E-state index contributed by atoms with van der Waals surface area (Å²) < 4.78 is 0.936. The van der Waals surface area contributed by atoms with E-state index in [-0.39, 0.29) is 5.91 Å². The van der Waals surface area contributed by atoms with Crippen molar-refractivity contribution in [2.45, 2.75) is 39.4 Å². The lowest BCUT2D eigenvalue weighted by molar-refractivity contribution is 0.102. The molecule has 8 nitrogen and oxygen atoms in total. The molecule has 3 N–H and O–H groups in total. The Balaban J connectivity index is 1.26. The first-order valence-corrected chi connectivity index (χ1v) is 13.8. The first-order chi connectivity index (χ1) is 18.8. The molecular formula is C30H32BrN7O. The molecule has 1 saturated heterocycles. The van der Waals surface area contributed by atoms with Crippen molar-refractivity contribution in [1.82, 2.24) is 25.2 Å². The molecule has 2 aromatic carbocycles. The first-order valence-electron chi connectivity index (χ1n) is 13.0. The fraction of sp³-hybridized carbons (Fsp3) is 0.267. The topological polar surface area (TPSA) is 95.1 Å². The molecule has 1 fully saturated rings. The molecule has 5 rings (SSSR count). The van der Waals surface area contributed by atoms with Gasteiger partial charge < -0.3 is 16.0 Å². The molecule has 0 unspecified atom stereocenters. The molecule has 0 saturated carbocycles. The number of carbonyl (C=O) groups is 1. The first kappa shape index (κ1) is 26.9. The summed E-state index contributed by atoms with van der Waals surface area (Å²) in [6.07, 6.45) is 5.21. The lowest BCUT2D eigenvalue weighted by atomic mass is 10.1. The normalized spacial score (nSPS) is 17.5. The number of hydrogen-bond acceptors (Lipinski definition) is 7. The predicted octanol–water partition coefficient (Wildman–Crippen LogP) is 5.79. The standard InChI is InChI=1S/C30H32BrN7O/c1-19-6-9-25(14-28(19)37-30-33-12-10-27(36-30)23-5-4-11-32-15-23)35-29(39)22-7-8-24(26(31)13-22)18-38-16-20(2)34-21(3)17-38/h4-15,20-21,34H,16-18H2,1-3H3,(H,35,39)(H,33,36,37)/t20-,21+. The number of amides is 1. The van der Waals surface area contributed by atoms with Gasteiger partial charge in [0.05, 0.1) is 5.69 Å². The van der Waals surface area contributed by atoms with Crippen LogP contribution >= 0.6 is 15.9 Å². The van der Waals surface area contributed by atoms with E-state index in [0.717, 1.165) is 46.6 Å². The second-order valence-corrected chi connectivity index (χ2v) is 10.9. The van der Waals surface area contributed by atoms with Crippen molar-refractivity contribution in [1.29, 1.82) is 0 Å². The van der Waals surface area contributed by atoms with E-state index in [1.165, 1.54) is 5.56 Å². The van der Waals surface area contributed by atoms with Crippen LogP contribution in [0, 0.1) is 6.92 Å². The van der Waals surface area contributed by atoms with Crippen molar-refractivity contribution >= 4 is 39.2 Å². The maximum absolute atomic E-state index is 13.1. The molecule has 1 amide bonds. The average Bonchev–Trinajstić information content (AvgIpc) is 2.92. The molecule has 2 atom stereocenters. The summed E-state index contributed by atoms with van der Waals surface area (Å²) in [4.78, 5) is 28.7. The zero-order chi connectivity index (χ0) is 27.4. The van der Waals surface area contributed by atoms with E-state index in [9.17, 15) is 4.79 Å². The van der Waals surface area contributed by atoms with E-state index in [1.54, 1.807) is 18.6 Å². The Morgan fingerprint density at radius 2 is 1.90 bits per heavy atom. The van der Waals surface area contributed by atoms with Crippen LogP contribution in [0.15, 0.2) is 77.7 Å². The van der Waals surface area contributed by atoms with Crippen LogP contribution in [-0.2, 0) is 6.54 Å². The van der Waals surface area contributed by atoms with E-state index in [4.69, 9.17) is 0 Å². The Morgan fingerprint density at radius 3 is 2.64 bits per heavy atom.